The van der Waals surface area contributed by atoms with Gasteiger partial charge in [0.1, 0.15) is 5.82 Å². The van der Waals surface area contributed by atoms with Gasteiger partial charge in [-0.25, -0.2) is 4.98 Å². The summed E-state index contributed by atoms with van der Waals surface area (Å²) in [7, 11) is 0. The molecule has 1 amide bonds. The van der Waals surface area contributed by atoms with Gasteiger partial charge in [-0.1, -0.05) is 48.5 Å². The predicted molar refractivity (Wildman–Crippen MR) is 108 cm³/mol. The first kappa shape index (κ1) is 17.0. The number of fused-ring (bicyclic) bond motifs is 1. The number of para-hydroxylation sites is 1. The summed E-state index contributed by atoms with van der Waals surface area (Å²) in [6.07, 6.45) is 4.11. The van der Waals surface area contributed by atoms with Crippen molar-refractivity contribution in [2.24, 2.45) is 5.73 Å². The maximum absolute atomic E-state index is 12.4. The number of benzene rings is 2. The van der Waals surface area contributed by atoms with Gasteiger partial charge in [0.15, 0.2) is 0 Å². The summed E-state index contributed by atoms with van der Waals surface area (Å²) < 4.78 is 0. The van der Waals surface area contributed by atoms with Crippen LogP contribution in [0.15, 0.2) is 79.1 Å². The van der Waals surface area contributed by atoms with Crippen molar-refractivity contribution in [3.05, 3.63) is 84.7 Å². The van der Waals surface area contributed by atoms with Gasteiger partial charge in [-0.2, -0.15) is 0 Å². The second kappa shape index (κ2) is 7.43. The lowest BCUT2D eigenvalue weighted by atomic mass is 10.1. The van der Waals surface area contributed by atoms with E-state index in [2.05, 4.69) is 15.3 Å². The number of nitrogens with one attached hydrogen (secondary N) is 2. The lowest BCUT2D eigenvalue weighted by molar-refractivity contribution is -0.117. The van der Waals surface area contributed by atoms with Gasteiger partial charge in [0.05, 0.1) is 6.04 Å². The number of amides is 1. The van der Waals surface area contributed by atoms with E-state index < -0.39 is 6.04 Å². The number of aromatic amines is 1. The Balaban J connectivity index is 1.42. The fraction of sp³-hybridized carbons (Fsp3) is 0.0909. The van der Waals surface area contributed by atoms with E-state index in [4.69, 9.17) is 5.73 Å². The van der Waals surface area contributed by atoms with Crippen LogP contribution < -0.4 is 11.1 Å². The summed E-state index contributed by atoms with van der Waals surface area (Å²) in [6, 6.07) is 21.0. The molecule has 0 radical (unpaired) electrons. The summed E-state index contributed by atoms with van der Waals surface area (Å²) in [5.41, 5.74) is 10.3. The van der Waals surface area contributed by atoms with E-state index in [9.17, 15) is 4.79 Å². The van der Waals surface area contributed by atoms with Crippen LogP contribution in [0.25, 0.3) is 22.0 Å². The number of pyridine rings is 1. The Morgan fingerprint density at radius 3 is 2.56 bits per heavy atom. The number of carbonyl (C=O) groups excluding carboxylic acids is 1. The van der Waals surface area contributed by atoms with Crippen LogP contribution in [0.2, 0.25) is 0 Å². The van der Waals surface area contributed by atoms with Crippen LogP contribution in [0.4, 0.5) is 5.82 Å². The third-order valence-electron chi connectivity index (χ3n) is 4.57. The van der Waals surface area contributed by atoms with Gasteiger partial charge in [0, 0.05) is 28.9 Å². The van der Waals surface area contributed by atoms with Gasteiger partial charge in [0.2, 0.25) is 5.91 Å². The first-order valence-electron chi connectivity index (χ1n) is 8.83. The Bertz CT molecular complexity index is 1050. The third-order valence-corrected chi connectivity index (χ3v) is 4.57. The van der Waals surface area contributed by atoms with E-state index in [1.807, 2.05) is 66.9 Å². The average Bonchev–Trinajstić information content (AvgIpc) is 3.12. The van der Waals surface area contributed by atoms with Crippen LogP contribution in [0, 0.1) is 0 Å². The van der Waals surface area contributed by atoms with E-state index in [0.717, 1.165) is 27.6 Å². The molecule has 0 saturated heterocycles. The molecule has 5 heteroatoms. The standard InChI is InChI=1S/C22H20N4O/c23-19(12-17-14-24-20-9-5-4-8-18(17)20)22(27)26-21-11-10-16(13-25-21)15-6-2-1-3-7-15/h1-11,13-14,19,24H,12,23H2,(H,25,26,27). The van der Waals surface area contributed by atoms with Crippen LogP contribution >= 0.6 is 0 Å². The van der Waals surface area contributed by atoms with Gasteiger partial charge in [-0.05, 0) is 35.7 Å². The zero-order chi connectivity index (χ0) is 18.6. The van der Waals surface area contributed by atoms with Crippen molar-refractivity contribution < 1.29 is 4.79 Å². The van der Waals surface area contributed by atoms with E-state index in [1.54, 1.807) is 12.3 Å². The molecule has 2 heterocycles. The van der Waals surface area contributed by atoms with Gasteiger partial charge >= 0.3 is 0 Å². The minimum Gasteiger partial charge on any atom is -0.361 e. The topological polar surface area (TPSA) is 83.8 Å². The van der Waals surface area contributed by atoms with Crippen molar-refractivity contribution in [2.75, 3.05) is 5.32 Å². The predicted octanol–water partition coefficient (Wildman–Crippen LogP) is 3.74. The maximum Gasteiger partial charge on any atom is 0.242 e. The number of anilines is 1. The number of hydrogen-bond donors (Lipinski definition) is 3. The van der Waals surface area contributed by atoms with Crippen molar-refractivity contribution in [1.82, 2.24) is 9.97 Å². The summed E-state index contributed by atoms with van der Waals surface area (Å²) in [5, 5.41) is 3.88. The monoisotopic (exact) mass is 356 g/mol. The zero-order valence-corrected chi connectivity index (χ0v) is 14.7. The Hall–Kier alpha value is -3.44. The van der Waals surface area contributed by atoms with E-state index in [-0.39, 0.29) is 5.91 Å². The fourth-order valence-electron chi connectivity index (χ4n) is 3.12. The fourth-order valence-corrected chi connectivity index (χ4v) is 3.12. The van der Waals surface area contributed by atoms with Crippen molar-refractivity contribution >= 4 is 22.6 Å². The van der Waals surface area contributed by atoms with E-state index in [1.165, 1.54) is 0 Å². The molecule has 0 saturated carbocycles. The first-order valence-corrected chi connectivity index (χ1v) is 8.83. The van der Waals surface area contributed by atoms with E-state index >= 15 is 0 Å². The highest BCUT2D eigenvalue weighted by atomic mass is 16.2. The normalized spacial score (nSPS) is 12.0. The largest absolute Gasteiger partial charge is 0.361 e. The molecule has 2 aromatic carbocycles. The van der Waals surface area contributed by atoms with Gasteiger partial charge in [-0.3, -0.25) is 4.79 Å². The number of carbonyl (C=O) groups is 1. The highest BCUT2D eigenvalue weighted by Crippen LogP contribution is 2.20. The SMILES string of the molecule is NC(Cc1c[nH]c2ccccc12)C(=O)Nc1ccc(-c2ccccc2)cn1. The first-order chi connectivity index (χ1) is 13.2. The number of nitrogens with zero attached hydrogens (tertiary/aromatic N) is 1. The van der Waals surface area contributed by atoms with Gasteiger partial charge < -0.3 is 16.0 Å². The molecular weight excluding hydrogens is 336 g/mol. The molecule has 0 aliphatic carbocycles. The molecule has 4 N–H and O–H groups in total. The zero-order valence-electron chi connectivity index (χ0n) is 14.7. The molecule has 0 bridgehead atoms. The van der Waals surface area contributed by atoms with E-state index in [0.29, 0.717) is 12.2 Å². The summed E-state index contributed by atoms with van der Waals surface area (Å²) >= 11 is 0. The average molecular weight is 356 g/mol. The number of aromatic nitrogens is 2. The van der Waals surface area contributed by atoms with Crippen molar-refractivity contribution in [2.45, 2.75) is 12.5 Å². The molecule has 1 atom stereocenters. The van der Waals surface area contributed by atoms with Crippen LogP contribution in [0.1, 0.15) is 5.56 Å². The molecule has 5 nitrogen and oxygen atoms in total. The van der Waals surface area contributed by atoms with Gasteiger partial charge in [0.25, 0.3) is 0 Å². The quantitative estimate of drug-likeness (QED) is 0.509. The molecule has 0 spiro atoms. The van der Waals surface area contributed by atoms with Gasteiger partial charge in [-0.15, -0.1) is 0 Å². The summed E-state index contributed by atoms with van der Waals surface area (Å²) in [4.78, 5) is 20.0. The molecule has 4 aromatic rings. The van der Waals surface area contributed by atoms with Crippen molar-refractivity contribution in [1.29, 1.82) is 0 Å². The number of rotatable bonds is 5. The minimum absolute atomic E-state index is 0.250. The van der Waals surface area contributed by atoms with Crippen molar-refractivity contribution in [3.8, 4) is 11.1 Å². The second-order valence-electron chi connectivity index (χ2n) is 6.46. The minimum atomic E-state index is -0.653. The van der Waals surface area contributed by atoms with Crippen LogP contribution in [-0.4, -0.2) is 21.9 Å². The maximum atomic E-state index is 12.4. The molecule has 2 aromatic heterocycles. The van der Waals surface area contributed by atoms with Crippen LogP contribution in [-0.2, 0) is 11.2 Å². The second-order valence-corrected chi connectivity index (χ2v) is 6.46. The molecule has 1 unspecified atom stereocenters. The molecule has 0 fully saturated rings. The number of hydrogen-bond acceptors (Lipinski definition) is 3. The van der Waals surface area contributed by atoms with Crippen LogP contribution in [0.3, 0.4) is 0 Å². The Morgan fingerprint density at radius 2 is 1.78 bits per heavy atom. The molecule has 4 rings (SSSR count). The molecular formula is C22H20N4O. The summed E-state index contributed by atoms with van der Waals surface area (Å²) in [5.74, 6) is 0.245. The third kappa shape index (κ3) is 3.73. The van der Waals surface area contributed by atoms with Crippen LogP contribution in [0.5, 0.6) is 0 Å². The highest BCUT2D eigenvalue weighted by molar-refractivity contribution is 5.95. The lowest BCUT2D eigenvalue weighted by Gasteiger charge is -2.12. The molecule has 27 heavy (non-hydrogen) atoms. The number of nitrogens with two attached hydrogens (primary N) is 1. The molecule has 0 aliphatic heterocycles. The number of H-pyrrole nitrogens is 1. The molecule has 134 valence electrons. The Kier molecular flexibility index (Phi) is 4.68. The smallest absolute Gasteiger partial charge is 0.242 e. The molecule has 0 aliphatic rings. The van der Waals surface area contributed by atoms with Crippen molar-refractivity contribution in [3.63, 3.8) is 0 Å². The lowest BCUT2D eigenvalue weighted by Crippen LogP contribution is -2.37. The Labute approximate surface area is 157 Å². The summed E-state index contributed by atoms with van der Waals surface area (Å²) in [6.45, 7) is 0. The Morgan fingerprint density at radius 1 is 1.00 bits per heavy atom. The highest BCUT2D eigenvalue weighted by Gasteiger charge is 2.16.